The van der Waals surface area contributed by atoms with Crippen LogP contribution in [0, 0.1) is 11.3 Å². The largest absolute Gasteiger partial charge is 0.463 e. The minimum Gasteiger partial charge on any atom is -0.463 e. The average Bonchev–Trinajstić information content (AvgIpc) is 2.64. The highest BCUT2D eigenvalue weighted by molar-refractivity contribution is 5.84. The molecule has 1 saturated heterocycles. The van der Waals surface area contributed by atoms with E-state index >= 15 is 0 Å². The molecule has 0 bridgehead atoms. The van der Waals surface area contributed by atoms with Crippen LogP contribution in [0.3, 0.4) is 0 Å². The molecule has 17 heavy (non-hydrogen) atoms. The van der Waals surface area contributed by atoms with E-state index in [1.165, 1.54) is 0 Å². The number of esters is 2. The molecule has 4 nitrogen and oxygen atoms in total. The number of ether oxygens (including phenoxy) is 2. The van der Waals surface area contributed by atoms with Crippen LogP contribution in [0.15, 0.2) is 12.2 Å². The van der Waals surface area contributed by atoms with Gasteiger partial charge in [-0.05, 0) is 19.8 Å². The van der Waals surface area contributed by atoms with Crippen molar-refractivity contribution in [3.8, 4) is 0 Å². The molecule has 0 aromatic rings. The molecular weight excluding hydrogens is 220 g/mol. The van der Waals surface area contributed by atoms with Crippen LogP contribution in [0.2, 0.25) is 0 Å². The van der Waals surface area contributed by atoms with Crippen LogP contribution in [-0.2, 0) is 19.1 Å². The third-order valence-corrected chi connectivity index (χ3v) is 3.29. The molecule has 1 rings (SSSR count). The van der Waals surface area contributed by atoms with Gasteiger partial charge in [-0.2, -0.15) is 0 Å². The van der Waals surface area contributed by atoms with E-state index in [0.29, 0.717) is 13.0 Å². The smallest absolute Gasteiger partial charge is 0.347 e. The Balaban J connectivity index is 2.76. The van der Waals surface area contributed by atoms with Gasteiger partial charge < -0.3 is 9.47 Å². The van der Waals surface area contributed by atoms with Gasteiger partial charge in [0.05, 0.1) is 12.0 Å². The lowest BCUT2D eigenvalue weighted by Gasteiger charge is -2.28. The number of rotatable bonds is 4. The second-order valence-electron chi connectivity index (χ2n) is 4.79. The molecule has 0 aromatic carbocycles. The zero-order valence-corrected chi connectivity index (χ0v) is 10.9. The molecule has 4 heteroatoms. The summed E-state index contributed by atoms with van der Waals surface area (Å²) in [6.07, 6.45) is 3.37. The van der Waals surface area contributed by atoms with Gasteiger partial charge in [0.15, 0.2) is 0 Å². The lowest BCUT2D eigenvalue weighted by atomic mass is 9.79. The summed E-state index contributed by atoms with van der Waals surface area (Å²) < 4.78 is 10.0. The Morgan fingerprint density at radius 1 is 1.59 bits per heavy atom. The first kappa shape index (κ1) is 13.7. The summed E-state index contributed by atoms with van der Waals surface area (Å²) in [5.74, 6) is -0.706. The summed E-state index contributed by atoms with van der Waals surface area (Å²) in [5, 5.41) is 0. The first-order valence-electron chi connectivity index (χ1n) is 5.93. The van der Waals surface area contributed by atoms with Gasteiger partial charge in [-0.1, -0.05) is 26.0 Å². The fraction of sp³-hybridized carbons (Fsp3) is 0.692. The number of allylic oxidation sites excluding steroid dienone is 1. The summed E-state index contributed by atoms with van der Waals surface area (Å²) in [5.41, 5.74) is -0.697. The predicted octanol–water partition coefficient (Wildman–Crippen LogP) is 2.08. The third-order valence-electron chi connectivity index (χ3n) is 3.29. The lowest BCUT2D eigenvalue weighted by Crippen LogP contribution is -2.36. The van der Waals surface area contributed by atoms with Crippen LogP contribution < -0.4 is 0 Å². The Bertz CT molecular complexity index is 332. The SMILES string of the molecule is C/C=C\C(C)(C(=O)OC1CCOC1=O)C(C)C. The third kappa shape index (κ3) is 2.87. The zero-order chi connectivity index (χ0) is 13.1. The summed E-state index contributed by atoms with van der Waals surface area (Å²) in [6, 6.07) is 0. The summed E-state index contributed by atoms with van der Waals surface area (Å²) in [7, 11) is 0. The van der Waals surface area contributed by atoms with Gasteiger partial charge in [0.2, 0.25) is 6.10 Å². The van der Waals surface area contributed by atoms with E-state index in [4.69, 9.17) is 9.47 Å². The quantitative estimate of drug-likeness (QED) is 0.557. The van der Waals surface area contributed by atoms with Gasteiger partial charge in [0.25, 0.3) is 0 Å². The van der Waals surface area contributed by atoms with Crippen LogP contribution in [0.4, 0.5) is 0 Å². The van der Waals surface area contributed by atoms with Crippen molar-refractivity contribution >= 4 is 11.9 Å². The molecule has 1 fully saturated rings. The monoisotopic (exact) mass is 240 g/mol. The topological polar surface area (TPSA) is 52.6 Å². The highest BCUT2D eigenvalue weighted by Crippen LogP contribution is 2.31. The molecule has 2 atom stereocenters. The van der Waals surface area contributed by atoms with Crippen molar-refractivity contribution < 1.29 is 19.1 Å². The standard InChI is InChI=1S/C13H20O4/c1-5-7-13(4,9(2)3)12(15)17-10-6-8-16-11(10)14/h5,7,9-10H,6,8H2,1-4H3/b7-5-. The predicted molar refractivity (Wildman–Crippen MR) is 63.2 cm³/mol. The van der Waals surface area contributed by atoms with Crippen molar-refractivity contribution in [2.24, 2.45) is 11.3 Å². The molecule has 1 heterocycles. The molecule has 1 aliphatic heterocycles. The van der Waals surface area contributed by atoms with E-state index in [1.807, 2.05) is 39.8 Å². The van der Waals surface area contributed by atoms with Gasteiger partial charge in [-0.15, -0.1) is 0 Å². The van der Waals surface area contributed by atoms with Crippen molar-refractivity contribution in [2.45, 2.75) is 40.2 Å². The Morgan fingerprint density at radius 2 is 2.24 bits per heavy atom. The number of carbonyl (C=O) groups is 2. The summed E-state index contributed by atoms with van der Waals surface area (Å²) >= 11 is 0. The second kappa shape index (κ2) is 5.34. The van der Waals surface area contributed by atoms with Gasteiger partial charge in [-0.25, -0.2) is 4.79 Å². The Kier molecular flexibility index (Phi) is 4.32. The van der Waals surface area contributed by atoms with Crippen molar-refractivity contribution in [1.29, 1.82) is 0 Å². The molecule has 0 aliphatic carbocycles. The fourth-order valence-electron chi connectivity index (χ4n) is 1.68. The molecule has 0 saturated carbocycles. The van der Waals surface area contributed by atoms with Crippen molar-refractivity contribution in [3.05, 3.63) is 12.2 Å². The molecular formula is C13H20O4. The Hall–Kier alpha value is -1.32. The van der Waals surface area contributed by atoms with E-state index < -0.39 is 17.5 Å². The lowest BCUT2D eigenvalue weighted by molar-refractivity contribution is -0.167. The van der Waals surface area contributed by atoms with Crippen LogP contribution in [0.5, 0.6) is 0 Å². The molecule has 2 unspecified atom stereocenters. The van der Waals surface area contributed by atoms with Crippen molar-refractivity contribution in [2.75, 3.05) is 6.61 Å². The van der Waals surface area contributed by atoms with E-state index in [1.54, 1.807) is 0 Å². The summed E-state index contributed by atoms with van der Waals surface area (Å²) in [6.45, 7) is 7.92. The molecule has 0 spiro atoms. The molecule has 0 aromatic heterocycles. The van der Waals surface area contributed by atoms with Crippen LogP contribution >= 0.6 is 0 Å². The maximum atomic E-state index is 12.1. The average molecular weight is 240 g/mol. The Morgan fingerprint density at radius 3 is 2.65 bits per heavy atom. The number of cyclic esters (lactones) is 1. The first-order valence-corrected chi connectivity index (χ1v) is 5.93. The van der Waals surface area contributed by atoms with Crippen molar-refractivity contribution in [1.82, 2.24) is 0 Å². The van der Waals surface area contributed by atoms with Crippen LogP contribution in [-0.4, -0.2) is 24.6 Å². The highest BCUT2D eigenvalue weighted by atomic mass is 16.6. The fourth-order valence-corrected chi connectivity index (χ4v) is 1.68. The number of carbonyl (C=O) groups excluding carboxylic acids is 2. The summed E-state index contributed by atoms with van der Waals surface area (Å²) in [4.78, 5) is 23.4. The second-order valence-corrected chi connectivity index (χ2v) is 4.79. The maximum Gasteiger partial charge on any atom is 0.347 e. The number of hydrogen-bond acceptors (Lipinski definition) is 4. The highest BCUT2D eigenvalue weighted by Gasteiger charge is 2.39. The molecule has 96 valence electrons. The molecule has 0 N–H and O–H groups in total. The first-order chi connectivity index (χ1) is 7.91. The van der Waals surface area contributed by atoms with Gasteiger partial charge >= 0.3 is 11.9 Å². The maximum absolute atomic E-state index is 12.1. The van der Waals surface area contributed by atoms with E-state index in [0.717, 1.165) is 0 Å². The van der Waals surface area contributed by atoms with E-state index in [2.05, 4.69) is 0 Å². The Labute approximate surface area is 102 Å². The van der Waals surface area contributed by atoms with E-state index in [9.17, 15) is 9.59 Å². The molecule has 1 aliphatic rings. The van der Waals surface area contributed by atoms with Crippen LogP contribution in [0.1, 0.15) is 34.1 Å². The normalized spacial score (nSPS) is 23.8. The van der Waals surface area contributed by atoms with Crippen LogP contribution in [0.25, 0.3) is 0 Å². The minimum atomic E-state index is -0.731. The minimum absolute atomic E-state index is 0.101. The van der Waals surface area contributed by atoms with E-state index in [-0.39, 0.29) is 11.9 Å². The molecule has 0 radical (unpaired) electrons. The van der Waals surface area contributed by atoms with Crippen molar-refractivity contribution in [3.63, 3.8) is 0 Å². The van der Waals surface area contributed by atoms with Gasteiger partial charge in [0, 0.05) is 6.42 Å². The number of hydrogen-bond donors (Lipinski definition) is 0. The molecule has 0 amide bonds. The van der Waals surface area contributed by atoms with Gasteiger partial charge in [-0.3, -0.25) is 4.79 Å². The van der Waals surface area contributed by atoms with Gasteiger partial charge in [0.1, 0.15) is 0 Å². The zero-order valence-electron chi connectivity index (χ0n) is 10.9.